The minimum absolute atomic E-state index is 0.0116. The third-order valence-corrected chi connectivity index (χ3v) is 6.46. The number of carbonyl (C=O) groups excluding carboxylic acids is 2. The molecule has 0 radical (unpaired) electrons. The highest BCUT2D eigenvalue weighted by Crippen LogP contribution is 2.31. The third-order valence-electron chi connectivity index (χ3n) is 4.24. The number of anilines is 1. The van der Waals surface area contributed by atoms with Crippen LogP contribution in [-0.4, -0.2) is 51.9 Å². The number of rotatable bonds is 7. The van der Waals surface area contributed by atoms with Crippen LogP contribution in [-0.2, 0) is 19.6 Å². The Labute approximate surface area is 180 Å². The molecule has 0 spiro atoms. The molecule has 10 heteroatoms. The first-order valence-electron chi connectivity index (χ1n) is 8.86. The molecule has 1 N–H and O–H groups in total. The number of amides is 1. The number of nitrogens with zero attached hydrogens (tertiary/aromatic N) is 1. The third kappa shape index (κ3) is 5.29. The van der Waals surface area contributed by atoms with E-state index in [1.54, 1.807) is 19.1 Å². The van der Waals surface area contributed by atoms with Gasteiger partial charge in [0.05, 0.1) is 23.3 Å². The van der Waals surface area contributed by atoms with Gasteiger partial charge >= 0.3 is 5.97 Å². The Balaban J connectivity index is 2.15. The average Bonchev–Trinajstić information content (AvgIpc) is 2.70. The van der Waals surface area contributed by atoms with E-state index in [2.05, 4.69) is 5.32 Å². The first-order valence-corrected chi connectivity index (χ1v) is 10.7. The summed E-state index contributed by atoms with van der Waals surface area (Å²) in [6.07, 6.45) is -1.15. The molecule has 0 saturated carbocycles. The summed E-state index contributed by atoms with van der Waals surface area (Å²) in [6.45, 7) is 3.18. The number of hydrogen-bond donors (Lipinski definition) is 1. The molecule has 2 aromatic carbocycles. The number of nitrogens with one attached hydrogen (secondary N) is 1. The van der Waals surface area contributed by atoms with Crippen molar-refractivity contribution < 1.29 is 27.5 Å². The minimum atomic E-state index is -3.71. The number of aryl methyl sites for hydroxylation is 1. The summed E-state index contributed by atoms with van der Waals surface area (Å²) >= 11 is 6.06. The maximum absolute atomic E-state index is 12.5. The second-order valence-corrected chi connectivity index (χ2v) is 9.21. The summed E-state index contributed by atoms with van der Waals surface area (Å²) in [5.41, 5.74) is 1.13. The van der Waals surface area contributed by atoms with Gasteiger partial charge in [-0.05, 0) is 43.7 Å². The lowest BCUT2D eigenvalue weighted by Gasteiger charge is -2.16. The van der Waals surface area contributed by atoms with Gasteiger partial charge in [0.2, 0.25) is 10.0 Å². The van der Waals surface area contributed by atoms with E-state index >= 15 is 0 Å². The van der Waals surface area contributed by atoms with Crippen LogP contribution in [0, 0.1) is 6.92 Å². The smallest absolute Gasteiger partial charge is 0.338 e. The molecule has 0 fully saturated rings. The molecule has 1 atom stereocenters. The summed E-state index contributed by atoms with van der Waals surface area (Å²) in [4.78, 5) is 24.9. The Bertz CT molecular complexity index is 1070. The standard InChI is InChI=1S/C20H23ClN2O6S/c1-12-9-17(18(28-5)11-16(12)21)22-19(24)13(2)29-20(25)14-7-6-8-15(10-14)30(26,27)23(3)4/h6-11,13H,1-5H3,(H,22,24). The molecule has 0 aliphatic heterocycles. The van der Waals surface area contributed by atoms with Crippen molar-refractivity contribution in [1.29, 1.82) is 0 Å². The van der Waals surface area contributed by atoms with E-state index in [1.807, 2.05) is 0 Å². The van der Waals surface area contributed by atoms with Gasteiger partial charge in [0.25, 0.3) is 5.91 Å². The Hall–Kier alpha value is -2.62. The van der Waals surface area contributed by atoms with Crippen LogP contribution in [0.4, 0.5) is 5.69 Å². The van der Waals surface area contributed by atoms with Crippen LogP contribution in [0.3, 0.4) is 0 Å². The van der Waals surface area contributed by atoms with Crippen LogP contribution in [0.25, 0.3) is 0 Å². The molecule has 0 aliphatic rings. The number of sulfonamides is 1. The van der Waals surface area contributed by atoms with E-state index in [1.165, 1.54) is 52.4 Å². The lowest BCUT2D eigenvalue weighted by atomic mass is 10.2. The Morgan fingerprint density at radius 2 is 1.83 bits per heavy atom. The largest absolute Gasteiger partial charge is 0.495 e. The number of esters is 1. The van der Waals surface area contributed by atoms with E-state index in [9.17, 15) is 18.0 Å². The quantitative estimate of drug-likeness (QED) is 0.645. The predicted molar refractivity (Wildman–Crippen MR) is 114 cm³/mol. The molecule has 1 amide bonds. The Kier molecular flexibility index (Phi) is 7.46. The molecule has 0 bridgehead atoms. The normalized spacial score (nSPS) is 12.4. The Morgan fingerprint density at radius 1 is 1.17 bits per heavy atom. The molecule has 30 heavy (non-hydrogen) atoms. The lowest BCUT2D eigenvalue weighted by molar-refractivity contribution is -0.123. The first kappa shape index (κ1) is 23.7. The molecule has 0 heterocycles. The lowest BCUT2D eigenvalue weighted by Crippen LogP contribution is -2.30. The van der Waals surface area contributed by atoms with E-state index in [4.69, 9.17) is 21.1 Å². The maximum Gasteiger partial charge on any atom is 0.338 e. The van der Waals surface area contributed by atoms with Crippen molar-refractivity contribution >= 4 is 39.2 Å². The molecule has 162 valence electrons. The number of benzene rings is 2. The molecule has 8 nitrogen and oxygen atoms in total. The van der Waals surface area contributed by atoms with Gasteiger partial charge in [-0.25, -0.2) is 17.5 Å². The monoisotopic (exact) mass is 454 g/mol. The van der Waals surface area contributed by atoms with Crippen molar-refractivity contribution in [3.8, 4) is 5.75 Å². The van der Waals surface area contributed by atoms with Crippen LogP contribution in [0.5, 0.6) is 5.75 Å². The van der Waals surface area contributed by atoms with E-state index < -0.39 is 28.0 Å². The van der Waals surface area contributed by atoms with Crippen LogP contribution >= 0.6 is 11.6 Å². The van der Waals surface area contributed by atoms with Crippen LogP contribution < -0.4 is 10.1 Å². The van der Waals surface area contributed by atoms with Gasteiger partial charge in [-0.3, -0.25) is 4.79 Å². The molecule has 0 aliphatic carbocycles. The average molecular weight is 455 g/mol. The SMILES string of the molecule is COc1cc(Cl)c(C)cc1NC(=O)C(C)OC(=O)c1cccc(S(=O)(=O)N(C)C)c1. The summed E-state index contributed by atoms with van der Waals surface area (Å²) in [7, 11) is 0.504. The molecule has 1 unspecified atom stereocenters. The van der Waals surface area contributed by atoms with E-state index in [-0.39, 0.29) is 10.5 Å². The van der Waals surface area contributed by atoms with Crippen molar-refractivity contribution in [1.82, 2.24) is 4.31 Å². The summed E-state index contributed by atoms with van der Waals surface area (Å²) in [5.74, 6) is -1.05. The molecule has 0 aromatic heterocycles. The van der Waals surface area contributed by atoms with Crippen molar-refractivity contribution in [2.24, 2.45) is 0 Å². The first-order chi connectivity index (χ1) is 14.0. The van der Waals surface area contributed by atoms with Crippen molar-refractivity contribution in [2.75, 3.05) is 26.5 Å². The van der Waals surface area contributed by atoms with Crippen LogP contribution in [0.2, 0.25) is 5.02 Å². The highest BCUT2D eigenvalue weighted by Gasteiger charge is 2.23. The fourth-order valence-corrected chi connectivity index (χ4v) is 3.54. The zero-order valence-electron chi connectivity index (χ0n) is 17.2. The predicted octanol–water partition coefficient (Wildman–Crippen LogP) is 3.09. The maximum atomic E-state index is 12.5. The van der Waals surface area contributed by atoms with Gasteiger partial charge in [0, 0.05) is 25.2 Å². The van der Waals surface area contributed by atoms with Crippen LogP contribution in [0.15, 0.2) is 41.3 Å². The summed E-state index contributed by atoms with van der Waals surface area (Å²) in [5, 5.41) is 3.12. The van der Waals surface area contributed by atoms with Crippen molar-refractivity contribution in [2.45, 2.75) is 24.8 Å². The molecule has 0 saturated heterocycles. The molecular formula is C20H23ClN2O6S. The fourth-order valence-electron chi connectivity index (χ4n) is 2.44. The van der Waals surface area contributed by atoms with Gasteiger partial charge in [-0.15, -0.1) is 0 Å². The topological polar surface area (TPSA) is 102 Å². The second kappa shape index (κ2) is 9.46. The highest BCUT2D eigenvalue weighted by atomic mass is 35.5. The van der Waals surface area contributed by atoms with Gasteiger partial charge in [0.1, 0.15) is 5.75 Å². The zero-order chi connectivity index (χ0) is 22.6. The second-order valence-electron chi connectivity index (χ2n) is 6.65. The fraction of sp³-hybridized carbons (Fsp3) is 0.300. The minimum Gasteiger partial charge on any atom is -0.495 e. The van der Waals surface area contributed by atoms with Gasteiger partial charge < -0.3 is 14.8 Å². The number of hydrogen-bond acceptors (Lipinski definition) is 6. The summed E-state index contributed by atoms with van der Waals surface area (Å²) < 4.78 is 35.9. The molecule has 2 aromatic rings. The zero-order valence-corrected chi connectivity index (χ0v) is 18.8. The van der Waals surface area contributed by atoms with Gasteiger partial charge in [-0.1, -0.05) is 17.7 Å². The van der Waals surface area contributed by atoms with Gasteiger partial charge in [-0.2, -0.15) is 0 Å². The summed E-state index contributed by atoms with van der Waals surface area (Å²) in [6, 6.07) is 8.63. The van der Waals surface area contributed by atoms with Crippen molar-refractivity contribution in [3.05, 3.63) is 52.5 Å². The van der Waals surface area contributed by atoms with E-state index in [0.29, 0.717) is 16.5 Å². The van der Waals surface area contributed by atoms with E-state index in [0.717, 1.165) is 9.87 Å². The number of ether oxygens (including phenoxy) is 2. The number of halogens is 1. The van der Waals surface area contributed by atoms with Crippen LogP contribution in [0.1, 0.15) is 22.8 Å². The number of carbonyl (C=O) groups is 2. The van der Waals surface area contributed by atoms with Crippen molar-refractivity contribution in [3.63, 3.8) is 0 Å². The molecule has 2 rings (SSSR count). The van der Waals surface area contributed by atoms with Gasteiger partial charge in [0.15, 0.2) is 6.10 Å². The highest BCUT2D eigenvalue weighted by molar-refractivity contribution is 7.89. The Morgan fingerprint density at radius 3 is 2.43 bits per heavy atom. The number of methoxy groups -OCH3 is 1. The molecular weight excluding hydrogens is 432 g/mol.